The average molecular weight is 567 g/mol. The molecule has 0 bridgehead atoms. The molecule has 6 nitrogen and oxygen atoms in total. The number of halogens is 1. The molecule has 0 aliphatic rings. The largest absolute Gasteiger partial charge is 0.493 e. The van der Waals surface area contributed by atoms with E-state index in [1.165, 1.54) is 4.70 Å². The van der Waals surface area contributed by atoms with Crippen LogP contribution in [0, 0.1) is 0 Å². The normalized spacial score (nSPS) is 12.1. The number of aliphatic hydroxyl groups is 1. The predicted molar refractivity (Wildman–Crippen MR) is 144 cm³/mol. The molecule has 32 heavy (non-hydrogen) atoms. The number of aliphatic imine (C=N–C) groups is 1. The van der Waals surface area contributed by atoms with Crippen molar-refractivity contribution in [3.8, 4) is 11.5 Å². The fourth-order valence-electron chi connectivity index (χ4n) is 3.38. The van der Waals surface area contributed by atoms with E-state index in [1.54, 1.807) is 32.6 Å². The maximum absolute atomic E-state index is 10.6. The summed E-state index contributed by atoms with van der Waals surface area (Å²) in [6.45, 7) is 4.73. The van der Waals surface area contributed by atoms with E-state index in [2.05, 4.69) is 40.4 Å². The predicted octanol–water partition coefficient (Wildman–Crippen LogP) is 4.66. The van der Waals surface area contributed by atoms with E-state index in [4.69, 9.17) is 9.47 Å². The summed E-state index contributed by atoms with van der Waals surface area (Å²) in [4.78, 5) is 5.19. The van der Waals surface area contributed by atoms with Gasteiger partial charge >= 0.3 is 0 Å². The first-order chi connectivity index (χ1) is 15.1. The van der Waals surface area contributed by atoms with E-state index in [-0.39, 0.29) is 24.0 Å². The summed E-state index contributed by atoms with van der Waals surface area (Å²) in [6, 6.07) is 14.2. The summed E-state index contributed by atoms with van der Waals surface area (Å²) < 4.78 is 12.1. The molecule has 8 heteroatoms. The zero-order chi connectivity index (χ0) is 22.2. The number of thiophene rings is 1. The maximum atomic E-state index is 10.6. The molecule has 2 aromatic carbocycles. The van der Waals surface area contributed by atoms with Crippen molar-refractivity contribution in [3.63, 3.8) is 0 Å². The Kier molecular flexibility index (Phi) is 10.3. The topological polar surface area (TPSA) is 75.1 Å². The molecule has 0 spiro atoms. The number of methoxy groups -OCH3 is 2. The van der Waals surface area contributed by atoms with Gasteiger partial charge in [-0.15, -0.1) is 41.9 Å². The Morgan fingerprint density at radius 2 is 1.97 bits per heavy atom. The number of rotatable bonds is 9. The lowest BCUT2D eigenvalue weighted by atomic mass is 10.1. The minimum absolute atomic E-state index is 0. The molecule has 0 radical (unpaired) electrons. The third-order valence-electron chi connectivity index (χ3n) is 4.90. The number of allylic oxidation sites excluding steroid dienone is 1. The highest BCUT2D eigenvalue weighted by molar-refractivity contribution is 14.0. The molecule has 172 valence electrons. The van der Waals surface area contributed by atoms with Crippen molar-refractivity contribution in [3.05, 3.63) is 71.1 Å². The molecular weight excluding hydrogens is 537 g/mol. The lowest BCUT2D eigenvalue weighted by molar-refractivity contribution is 0.184. The number of guanidine groups is 1. The minimum Gasteiger partial charge on any atom is -0.493 e. The van der Waals surface area contributed by atoms with Crippen LogP contribution in [0.2, 0.25) is 0 Å². The summed E-state index contributed by atoms with van der Waals surface area (Å²) in [5.74, 6) is 2.02. The van der Waals surface area contributed by atoms with Crippen LogP contribution in [-0.2, 0) is 13.0 Å². The van der Waals surface area contributed by atoms with E-state index in [0.717, 1.165) is 27.1 Å². The van der Waals surface area contributed by atoms with Crippen LogP contribution in [0.4, 0.5) is 0 Å². The van der Waals surface area contributed by atoms with Gasteiger partial charge in [-0.1, -0.05) is 24.3 Å². The molecule has 1 aromatic heterocycles. The third-order valence-corrected chi connectivity index (χ3v) is 6.12. The molecule has 0 saturated carbocycles. The molecule has 1 atom stereocenters. The molecule has 3 aromatic rings. The van der Waals surface area contributed by atoms with Crippen LogP contribution in [-0.4, -0.2) is 38.9 Å². The van der Waals surface area contributed by atoms with Crippen molar-refractivity contribution in [1.82, 2.24) is 10.6 Å². The van der Waals surface area contributed by atoms with Crippen LogP contribution >= 0.6 is 35.3 Å². The van der Waals surface area contributed by atoms with Gasteiger partial charge < -0.3 is 25.2 Å². The van der Waals surface area contributed by atoms with E-state index < -0.39 is 6.10 Å². The number of hydrogen-bond donors (Lipinski definition) is 3. The van der Waals surface area contributed by atoms with Crippen molar-refractivity contribution in [1.29, 1.82) is 0 Å². The van der Waals surface area contributed by atoms with Gasteiger partial charge in [0.05, 0.1) is 14.2 Å². The van der Waals surface area contributed by atoms with E-state index in [9.17, 15) is 5.11 Å². The Bertz CT molecular complexity index is 1030. The van der Waals surface area contributed by atoms with Crippen LogP contribution in [0.25, 0.3) is 10.1 Å². The van der Waals surface area contributed by atoms with Crippen molar-refractivity contribution in [2.75, 3.05) is 27.8 Å². The Labute approximate surface area is 210 Å². The first kappa shape index (κ1) is 26.0. The molecule has 1 unspecified atom stereocenters. The second-order valence-electron chi connectivity index (χ2n) is 6.99. The minimum atomic E-state index is -0.615. The number of fused-ring (bicyclic) bond motifs is 1. The zero-order valence-corrected chi connectivity index (χ0v) is 21.7. The van der Waals surface area contributed by atoms with Gasteiger partial charge in [-0.2, -0.15) is 0 Å². The van der Waals surface area contributed by atoms with Gasteiger partial charge in [-0.05, 0) is 41.6 Å². The third kappa shape index (κ3) is 6.36. The number of ether oxygens (including phenoxy) is 2. The molecule has 1 heterocycles. The van der Waals surface area contributed by atoms with Crippen LogP contribution in [0.3, 0.4) is 0 Å². The summed E-state index contributed by atoms with van der Waals surface area (Å²) in [7, 11) is 4.97. The van der Waals surface area contributed by atoms with Crippen LogP contribution < -0.4 is 20.1 Å². The van der Waals surface area contributed by atoms with Crippen molar-refractivity contribution in [2.24, 2.45) is 4.99 Å². The van der Waals surface area contributed by atoms with Crippen molar-refractivity contribution in [2.45, 2.75) is 19.1 Å². The van der Waals surface area contributed by atoms with Crippen LogP contribution in [0.1, 0.15) is 22.1 Å². The second-order valence-corrected chi connectivity index (χ2v) is 8.11. The summed E-state index contributed by atoms with van der Waals surface area (Å²) in [6.07, 6.45) is 1.91. The van der Waals surface area contributed by atoms with Gasteiger partial charge in [-0.3, -0.25) is 4.99 Å². The quantitative estimate of drug-likeness (QED) is 0.152. The van der Waals surface area contributed by atoms with E-state index >= 15 is 0 Å². The fraction of sp³-hybridized carbons (Fsp3) is 0.292. The number of nitrogens with one attached hydrogen (secondary N) is 2. The summed E-state index contributed by atoms with van der Waals surface area (Å²) in [5, 5.41) is 18.2. The van der Waals surface area contributed by atoms with Gasteiger partial charge in [0.25, 0.3) is 0 Å². The summed E-state index contributed by atoms with van der Waals surface area (Å²) >= 11 is 1.60. The number of nitrogens with zero attached hydrogens (tertiary/aromatic N) is 1. The molecule has 0 amide bonds. The molecule has 3 N–H and O–H groups in total. The lowest BCUT2D eigenvalue weighted by Gasteiger charge is -2.17. The summed E-state index contributed by atoms with van der Waals surface area (Å²) in [5.41, 5.74) is 2.04. The molecule has 3 rings (SSSR count). The standard InChI is InChI=1S/C24H29N3O3S.HI/c1-5-8-18-11-16(12-20(29-3)23(18)30-4)14-26-24(25-2)27-15-19(28)22-13-17-9-6-7-10-21(17)31-22;/h5-7,9-13,19,28H,1,8,14-15H2,2-4H3,(H2,25,26,27);1H. The van der Waals surface area contributed by atoms with Gasteiger partial charge in [0.15, 0.2) is 17.5 Å². The highest BCUT2D eigenvalue weighted by atomic mass is 127. The molecule has 0 saturated heterocycles. The molecule has 0 aliphatic carbocycles. The van der Waals surface area contributed by atoms with Crippen LogP contribution in [0.5, 0.6) is 11.5 Å². The highest BCUT2D eigenvalue weighted by Gasteiger charge is 2.14. The Balaban J connectivity index is 0.00000363. The average Bonchev–Trinajstić information content (AvgIpc) is 3.23. The number of benzene rings is 2. The number of hydrogen-bond acceptors (Lipinski definition) is 5. The second kappa shape index (κ2) is 12.7. The Morgan fingerprint density at radius 3 is 2.62 bits per heavy atom. The Hall–Kier alpha value is -2.30. The molecular formula is C24H30IN3O3S. The van der Waals surface area contributed by atoms with Gasteiger partial charge in [-0.25, -0.2) is 0 Å². The Morgan fingerprint density at radius 1 is 1.19 bits per heavy atom. The van der Waals surface area contributed by atoms with E-state index in [1.807, 2.05) is 30.3 Å². The lowest BCUT2D eigenvalue weighted by Crippen LogP contribution is -2.38. The molecule has 0 fully saturated rings. The highest BCUT2D eigenvalue weighted by Crippen LogP contribution is 2.33. The zero-order valence-electron chi connectivity index (χ0n) is 18.6. The first-order valence-corrected chi connectivity index (χ1v) is 10.9. The SMILES string of the molecule is C=CCc1cc(CNC(=NC)NCC(O)c2cc3ccccc3s2)cc(OC)c1OC.I. The van der Waals surface area contributed by atoms with Gasteiger partial charge in [0.2, 0.25) is 0 Å². The van der Waals surface area contributed by atoms with Crippen molar-refractivity contribution >= 4 is 51.4 Å². The maximum Gasteiger partial charge on any atom is 0.191 e. The smallest absolute Gasteiger partial charge is 0.191 e. The number of aliphatic hydroxyl groups excluding tert-OH is 1. The van der Waals surface area contributed by atoms with Gasteiger partial charge in [0, 0.05) is 35.3 Å². The molecule has 0 aliphatic heterocycles. The van der Waals surface area contributed by atoms with E-state index in [0.29, 0.717) is 31.2 Å². The monoisotopic (exact) mass is 567 g/mol. The fourth-order valence-corrected chi connectivity index (χ4v) is 4.43. The van der Waals surface area contributed by atoms with Crippen molar-refractivity contribution < 1.29 is 14.6 Å². The van der Waals surface area contributed by atoms with Gasteiger partial charge in [0.1, 0.15) is 6.10 Å². The first-order valence-electron chi connectivity index (χ1n) is 10.0. The van der Waals surface area contributed by atoms with Crippen LogP contribution in [0.15, 0.2) is 60.1 Å².